The van der Waals surface area contributed by atoms with E-state index < -0.39 is 28.4 Å². The second kappa shape index (κ2) is 7.66. The summed E-state index contributed by atoms with van der Waals surface area (Å²) in [6.07, 6.45) is 0. The van der Waals surface area contributed by atoms with E-state index in [0.29, 0.717) is 11.3 Å². The summed E-state index contributed by atoms with van der Waals surface area (Å²) in [6.45, 7) is 3.14. The number of carbonyl (C=O) groups excluding carboxylic acids is 1. The van der Waals surface area contributed by atoms with Crippen molar-refractivity contribution in [3.63, 3.8) is 0 Å². The van der Waals surface area contributed by atoms with Crippen molar-refractivity contribution >= 4 is 28.5 Å². The van der Waals surface area contributed by atoms with Gasteiger partial charge in [-0.15, -0.1) is 0 Å². The van der Waals surface area contributed by atoms with E-state index in [2.05, 4.69) is 4.98 Å². The molecule has 0 spiro atoms. The van der Waals surface area contributed by atoms with E-state index in [4.69, 9.17) is 5.73 Å². The van der Waals surface area contributed by atoms with Crippen LogP contribution in [0.2, 0.25) is 0 Å². The Bertz CT molecular complexity index is 1510. The van der Waals surface area contributed by atoms with Gasteiger partial charge in [0.15, 0.2) is 5.78 Å². The summed E-state index contributed by atoms with van der Waals surface area (Å²) < 4.78 is 1.18. The number of nitrogens with one attached hydrogen (secondary N) is 1. The van der Waals surface area contributed by atoms with Gasteiger partial charge in [0, 0.05) is 10.9 Å². The molecule has 0 fully saturated rings. The van der Waals surface area contributed by atoms with Crippen LogP contribution in [0, 0.1) is 6.92 Å². The lowest BCUT2D eigenvalue weighted by molar-refractivity contribution is 0.0696. The predicted molar refractivity (Wildman–Crippen MR) is 122 cm³/mol. The zero-order valence-electron chi connectivity index (χ0n) is 17.3. The summed E-state index contributed by atoms with van der Waals surface area (Å²) in [5.74, 6) is -2.03. The first-order valence-corrected chi connectivity index (χ1v) is 9.73. The Morgan fingerprint density at radius 1 is 0.969 bits per heavy atom. The van der Waals surface area contributed by atoms with Gasteiger partial charge in [-0.1, -0.05) is 48.0 Å². The Kier molecular flexibility index (Phi) is 4.98. The first-order chi connectivity index (χ1) is 15.2. The fourth-order valence-electron chi connectivity index (χ4n) is 3.85. The van der Waals surface area contributed by atoms with Crippen LogP contribution in [0.25, 0.3) is 27.8 Å². The zero-order valence-corrected chi connectivity index (χ0v) is 17.3. The third-order valence-electron chi connectivity index (χ3n) is 5.30. The number of nitrogens with zero attached hydrogens (tertiary/aromatic N) is 1. The highest BCUT2D eigenvalue weighted by molar-refractivity contribution is 6.14. The Labute approximate surface area is 181 Å². The Hall–Kier alpha value is -4.46. The van der Waals surface area contributed by atoms with Gasteiger partial charge >= 0.3 is 5.97 Å². The minimum atomic E-state index is -1.51. The lowest BCUT2D eigenvalue weighted by Gasteiger charge is -2.19. The van der Waals surface area contributed by atoms with Crippen molar-refractivity contribution in [2.24, 2.45) is 0 Å². The first-order valence-electron chi connectivity index (χ1n) is 9.73. The Morgan fingerprint density at radius 2 is 1.59 bits per heavy atom. The van der Waals surface area contributed by atoms with Crippen LogP contribution in [0.4, 0.5) is 5.69 Å². The number of ketones is 1. The molecule has 0 aliphatic rings. The normalized spacial score (nSPS) is 10.9. The smallest absolute Gasteiger partial charge is 0.343 e. The average molecular weight is 429 g/mol. The number of carbonyl (C=O) groups is 2. The number of carboxylic acid groups (broad SMARTS) is 1. The number of aromatic nitrogens is 2. The number of pyridine rings is 2. The first kappa shape index (κ1) is 20.8. The average Bonchev–Trinajstić information content (AvgIpc) is 2.74. The molecule has 2 heterocycles. The number of fused-ring (bicyclic) bond motifs is 1. The van der Waals surface area contributed by atoms with E-state index >= 15 is 0 Å². The molecule has 4 N–H and O–H groups in total. The molecule has 4 rings (SSSR count). The third-order valence-corrected chi connectivity index (χ3v) is 5.30. The van der Waals surface area contributed by atoms with Gasteiger partial charge in [0.25, 0.3) is 11.1 Å². The second-order valence-corrected chi connectivity index (χ2v) is 7.42. The lowest BCUT2D eigenvalue weighted by atomic mass is 9.93. The van der Waals surface area contributed by atoms with Crippen molar-refractivity contribution in [1.82, 2.24) is 9.55 Å². The highest BCUT2D eigenvalue weighted by Crippen LogP contribution is 2.35. The molecule has 0 radical (unpaired) electrons. The molecule has 2 aromatic carbocycles. The van der Waals surface area contributed by atoms with Crippen molar-refractivity contribution < 1.29 is 14.7 Å². The number of nitrogens with two attached hydrogens (primary N) is 1. The van der Waals surface area contributed by atoms with E-state index in [1.807, 2.05) is 6.92 Å². The Balaban J connectivity index is 2.35. The highest BCUT2D eigenvalue weighted by atomic mass is 16.4. The summed E-state index contributed by atoms with van der Waals surface area (Å²) >= 11 is 0. The van der Waals surface area contributed by atoms with E-state index in [-0.39, 0.29) is 27.8 Å². The number of hydrogen-bond donors (Lipinski definition) is 3. The Morgan fingerprint density at radius 3 is 2.16 bits per heavy atom. The topological polar surface area (TPSA) is 135 Å². The fourth-order valence-corrected chi connectivity index (χ4v) is 3.85. The SMILES string of the molecule is CC(=O)c1c(-c2ccccc2)c2c(N)c(C(=O)O)c(=O)[nH]c2n(-c2ccc(C)cc2)c1=O. The quantitative estimate of drug-likeness (QED) is 0.427. The molecule has 4 aromatic rings. The minimum Gasteiger partial charge on any atom is -0.477 e. The molecule has 8 heteroatoms. The zero-order chi connectivity index (χ0) is 23.2. The maximum Gasteiger partial charge on any atom is 0.343 e. The molecule has 0 saturated heterocycles. The van der Waals surface area contributed by atoms with Crippen molar-refractivity contribution in [3.05, 3.63) is 92.0 Å². The number of anilines is 1. The number of aryl methyl sites for hydroxylation is 1. The molecular weight excluding hydrogens is 410 g/mol. The molecule has 0 saturated carbocycles. The van der Waals surface area contributed by atoms with E-state index in [9.17, 15) is 24.3 Å². The van der Waals surface area contributed by atoms with Gasteiger partial charge in [-0.3, -0.25) is 19.0 Å². The molecule has 160 valence electrons. The van der Waals surface area contributed by atoms with Crippen LogP contribution in [0.3, 0.4) is 0 Å². The van der Waals surface area contributed by atoms with Crippen LogP contribution < -0.4 is 16.9 Å². The summed E-state index contributed by atoms with van der Waals surface area (Å²) in [4.78, 5) is 53.2. The van der Waals surface area contributed by atoms with Gasteiger partial charge in [0.1, 0.15) is 11.2 Å². The molecule has 0 amide bonds. The van der Waals surface area contributed by atoms with Gasteiger partial charge in [0.2, 0.25) is 0 Å². The number of hydrogen-bond acceptors (Lipinski definition) is 5. The van der Waals surface area contributed by atoms with Crippen LogP contribution in [-0.4, -0.2) is 26.4 Å². The van der Waals surface area contributed by atoms with E-state index in [0.717, 1.165) is 5.56 Å². The maximum atomic E-state index is 13.6. The standard InChI is InChI=1S/C24H19N3O5/c1-12-8-10-15(11-9-12)27-21-18(20(25)19(24(31)32)22(29)26-21)17(14-6-4-3-5-7-14)16(13(2)28)23(27)30/h3-11H,1-2H3,(H,31,32)(H3,25,26,29). The van der Waals surface area contributed by atoms with Crippen LogP contribution in [0.15, 0.2) is 64.2 Å². The van der Waals surface area contributed by atoms with Gasteiger partial charge in [-0.25, -0.2) is 4.79 Å². The number of H-pyrrole nitrogens is 1. The lowest BCUT2D eigenvalue weighted by Crippen LogP contribution is -2.30. The van der Waals surface area contributed by atoms with Gasteiger partial charge in [-0.2, -0.15) is 0 Å². The van der Waals surface area contributed by atoms with Gasteiger partial charge in [-0.05, 0) is 31.5 Å². The summed E-state index contributed by atoms with van der Waals surface area (Å²) in [6, 6.07) is 15.5. The molecule has 0 unspecified atom stereocenters. The number of carboxylic acids is 1. The van der Waals surface area contributed by atoms with E-state index in [1.54, 1.807) is 54.6 Å². The number of aromatic amines is 1. The maximum absolute atomic E-state index is 13.6. The van der Waals surface area contributed by atoms with Crippen LogP contribution >= 0.6 is 0 Å². The number of rotatable bonds is 4. The van der Waals surface area contributed by atoms with E-state index in [1.165, 1.54) is 11.5 Å². The van der Waals surface area contributed by atoms with Gasteiger partial charge < -0.3 is 15.8 Å². The summed E-state index contributed by atoms with van der Waals surface area (Å²) in [7, 11) is 0. The third kappa shape index (κ3) is 3.18. The molecule has 0 atom stereocenters. The van der Waals surface area contributed by atoms with Crippen LogP contribution in [0.5, 0.6) is 0 Å². The summed E-state index contributed by atoms with van der Waals surface area (Å²) in [5, 5.41) is 9.69. The number of aromatic carboxylic acids is 1. The van der Waals surface area contributed by atoms with Crippen molar-refractivity contribution in [1.29, 1.82) is 0 Å². The molecule has 0 bridgehead atoms. The molecule has 2 aromatic heterocycles. The highest BCUT2D eigenvalue weighted by Gasteiger charge is 2.27. The number of nitrogen functional groups attached to an aromatic ring is 1. The minimum absolute atomic E-state index is 0.00945. The van der Waals surface area contributed by atoms with Crippen molar-refractivity contribution in [3.8, 4) is 16.8 Å². The van der Waals surface area contributed by atoms with Crippen molar-refractivity contribution in [2.45, 2.75) is 13.8 Å². The van der Waals surface area contributed by atoms with Crippen LogP contribution in [0.1, 0.15) is 33.2 Å². The number of Topliss-reactive ketones (excluding diaryl/α,β-unsaturated/α-hetero) is 1. The number of benzene rings is 2. The molecule has 32 heavy (non-hydrogen) atoms. The van der Waals surface area contributed by atoms with Crippen LogP contribution in [-0.2, 0) is 0 Å². The predicted octanol–water partition coefficient (Wildman–Crippen LogP) is 3.14. The molecule has 0 aliphatic carbocycles. The second-order valence-electron chi connectivity index (χ2n) is 7.42. The van der Waals surface area contributed by atoms with Crippen molar-refractivity contribution in [2.75, 3.05) is 5.73 Å². The van der Waals surface area contributed by atoms with Gasteiger partial charge in [0.05, 0.1) is 16.9 Å². The fraction of sp³-hybridized carbons (Fsp3) is 0.0833. The monoisotopic (exact) mass is 429 g/mol. The largest absolute Gasteiger partial charge is 0.477 e. The molecular formula is C24H19N3O5. The molecule has 0 aliphatic heterocycles. The molecule has 8 nitrogen and oxygen atoms in total. The summed E-state index contributed by atoms with van der Waals surface area (Å²) in [5.41, 5.74) is 5.52.